The Morgan fingerprint density at radius 1 is 1.13 bits per heavy atom. The lowest BCUT2D eigenvalue weighted by molar-refractivity contribution is 0.0472. The van der Waals surface area contributed by atoms with Crippen LogP contribution in [0.2, 0.25) is 0 Å². The van der Waals surface area contributed by atoms with Gasteiger partial charge in [-0.25, -0.2) is 9.00 Å². The van der Waals surface area contributed by atoms with Crippen LogP contribution >= 0.6 is 0 Å². The molecule has 0 heterocycles. The van der Waals surface area contributed by atoms with E-state index in [1.807, 2.05) is 30.3 Å². The molecule has 6 heteroatoms. The normalized spacial score (nSPS) is 10.9. The van der Waals surface area contributed by atoms with Gasteiger partial charge in [0.05, 0.1) is 12.7 Å². The maximum atomic E-state index is 12.2. The second-order valence-corrected chi connectivity index (χ2v) is 7.77. The number of nitrogens with zero attached hydrogens (tertiary/aromatic N) is 1. The van der Waals surface area contributed by atoms with Crippen LogP contribution in [0, 0.1) is 0 Å². The summed E-state index contributed by atoms with van der Waals surface area (Å²) >= 11 is 0. The number of carbonyl (C=O) groups excluding carboxylic acids is 1. The molecule has 0 aromatic heterocycles. The van der Waals surface area contributed by atoms with Crippen molar-refractivity contribution in [3.8, 4) is 5.75 Å². The summed E-state index contributed by atoms with van der Waals surface area (Å²) in [6, 6.07) is 14.2. The summed E-state index contributed by atoms with van der Waals surface area (Å²) in [6.45, 7) is 0.191. The average molecular weight is 333 g/mol. The molecule has 0 saturated carbocycles. The first kappa shape index (κ1) is 17.0. The second kappa shape index (κ2) is 7.28. The smallest absolute Gasteiger partial charge is 0.338 e. The Hall–Kier alpha value is -2.34. The first-order chi connectivity index (χ1) is 10.9. The molecule has 0 N–H and O–H groups in total. The lowest BCUT2D eigenvalue weighted by atomic mass is 10.2. The van der Waals surface area contributed by atoms with Crippen LogP contribution in [0.3, 0.4) is 0 Å². The number of hydrogen-bond acceptors (Lipinski definition) is 5. The molecule has 2 aromatic carbocycles. The first-order valence-electron chi connectivity index (χ1n) is 6.95. The molecule has 5 nitrogen and oxygen atoms in total. The number of rotatable bonds is 5. The predicted octanol–water partition coefficient (Wildman–Crippen LogP) is 3.41. The Kier molecular flexibility index (Phi) is 5.39. The van der Waals surface area contributed by atoms with Gasteiger partial charge in [0, 0.05) is 22.2 Å². The van der Waals surface area contributed by atoms with Gasteiger partial charge >= 0.3 is 5.97 Å². The molecule has 0 atom stereocenters. The van der Waals surface area contributed by atoms with E-state index in [9.17, 15) is 9.00 Å². The van der Waals surface area contributed by atoms with E-state index >= 15 is 0 Å². The summed E-state index contributed by atoms with van der Waals surface area (Å²) < 4.78 is 26.5. The lowest BCUT2D eigenvalue weighted by Gasteiger charge is -2.09. The SMILES string of the molecule is COc1ccc(C(=O)OCc2ccccc2)cc1N=S(C)(C)=O. The van der Waals surface area contributed by atoms with Crippen LogP contribution in [0.15, 0.2) is 52.9 Å². The zero-order valence-electron chi connectivity index (χ0n) is 13.3. The molecule has 0 aliphatic rings. The second-order valence-electron chi connectivity index (χ2n) is 5.22. The van der Waals surface area contributed by atoms with Gasteiger partial charge in [0.15, 0.2) is 0 Å². The highest BCUT2D eigenvalue weighted by Gasteiger charge is 2.12. The average Bonchev–Trinajstić information content (AvgIpc) is 2.52. The minimum absolute atomic E-state index is 0.191. The Morgan fingerprint density at radius 3 is 2.43 bits per heavy atom. The van der Waals surface area contributed by atoms with E-state index in [-0.39, 0.29) is 6.61 Å². The zero-order valence-corrected chi connectivity index (χ0v) is 14.1. The minimum atomic E-state index is -2.36. The summed E-state index contributed by atoms with van der Waals surface area (Å²) in [6.07, 6.45) is 3.04. The van der Waals surface area contributed by atoms with Crippen molar-refractivity contribution in [3.63, 3.8) is 0 Å². The standard InChI is InChI=1S/C17H19NO4S/c1-21-16-10-9-14(11-15(16)18-23(2,3)20)17(19)22-12-13-7-5-4-6-8-13/h4-11H,12H2,1-3H3. The van der Waals surface area contributed by atoms with Crippen LogP contribution in [0.1, 0.15) is 15.9 Å². The van der Waals surface area contributed by atoms with Crippen molar-refractivity contribution < 1.29 is 18.5 Å². The fourth-order valence-electron chi connectivity index (χ4n) is 1.93. The third kappa shape index (κ3) is 5.10. The topological polar surface area (TPSA) is 65.0 Å². The lowest BCUT2D eigenvalue weighted by Crippen LogP contribution is -2.05. The molecular weight excluding hydrogens is 314 g/mol. The monoisotopic (exact) mass is 333 g/mol. The summed E-state index contributed by atoms with van der Waals surface area (Å²) in [5, 5.41) is 0. The van der Waals surface area contributed by atoms with Gasteiger partial charge in [-0.2, -0.15) is 4.36 Å². The molecule has 0 radical (unpaired) electrons. The highest BCUT2D eigenvalue weighted by molar-refractivity contribution is 7.92. The quantitative estimate of drug-likeness (QED) is 0.787. The van der Waals surface area contributed by atoms with Crippen molar-refractivity contribution in [2.45, 2.75) is 6.61 Å². The first-order valence-corrected chi connectivity index (χ1v) is 9.28. The van der Waals surface area contributed by atoms with E-state index < -0.39 is 15.7 Å². The Morgan fingerprint density at radius 2 is 1.83 bits per heavy atom. The van der Waals surface area contributed by atoms with E-state index in [0.29, 0.717) is 17.0 Å². The van der Waals surface area contributed by atoms with Crippen molar-refractivity contribution >= 4 is 21.4 Å². The molecule has 0 spiro atoms. The zero-order chi connectivity index (χ0) is 16.9. The van der Waals surface area contributed by atoms with Crippen LogP contribution in [0.5, 0.6) is 5.75 Å². The number of benzene rings is 2. The molecule has 122 valence electrons. The molecule has 0 aliphatic heterocycles. The van der Waals surface area contributed by atoms with Gasteiger partial charge in [0.1, 0.15) is 18.0 Å². The van der Waals surface area contributed by atoms with Crippen molar-refractivity contribution in [2.75, 3.05) is 19.6 Å². The van der Waals surface area contributed by atoms with Gasteiger partial charge in [-0.1, -0.05) is 30.3 Å². The van der Waals surface area contributed by atoms with Gasteiger partial charge in [0.2, 0.25) is 0 Å². The highest BCUT2D eigenvalue weighted by Crippen LogP contribution is 2.29. The van der Waals surface area contributed by atoms with Crippen LogP contribution in [0.25, 0.3) is 0 Å². The van der Waals surface area contributed by atoms with Crippen LogP contribution in [0.4, 0.5) is 5.69 Å². The molecule has 0 aliphatic carbocycles. The Labute approximate surface area is 136 Å². The van der Waals surface area contributed by atoms with Gasteiger partial charge in [-0.15, -0.1) is 0 Å². The Balaban J connectivity index is 2.21. The fraction of sp³-hybridized carbons (Fsp3) is 0.235. The predicted molar refractivity (Wildman–Crippen MR) is 90.6 cm³/mol. The Bertz CT molecular complexity index is 801. The maximum absolute atomic E-state index is 12.2. The molecule has 0 unspecified atom stereocenters. The highest BCUT2D eigenvalue weighted by atomic mass is 32.2. The molecule has 0 bridgehead atoms. The van der Waals surface area contributed by atoms with Gasteiger partial charge in [-0.05, 0) is 23.8 Å². The van der Waals surface area contributed by atoms with Crippen molar-refractivity contribution in [1.29, 1.82) is 0 Å². The summed E-state index contributed by atoms with van der Waals surface area (Å²) in [5.41, 5.74) is 1.62. The van der Waals surface area contributed by atoms with E-state index in [0.717, 1.165) is 5.56 Å². The largest absolute Gasteiger partial charge is 0.494 e. The minimum Gasteiger partial charge on any atom is -0.494 e. The van der Waals surface area contributed by atoms with E-state index in [2.05, 4.69) is 4.36 Å². The molecule has 23 heavy (non-hydrogen) atoms. The van der Waals surface area contributed by atoms with E-state index in [1.165, 1.54) is 25.7 Å². The molecule has 0 amide bonds. The number of esters is 1. The third-order valence-electron chi connectivity index (χ3n) is 2.95. The summed E-state index contributed by atoms with van der Waals surface area (Å²) in [7, 11) is -0.870. The van der Waals surface area contributed by atoms with E-state index in [4.69, 9.17) is 9.47 Å². The summed E-state index contributed by atoms with van der Waals surface area (Å²) in [5.74, 6) is -0.00676. The fourth-order valence-corrected chi connectivity index (χ4v) is 2.55. The van der Waals surface area contributed by atoms with Crippen LogP contribution in [-0.2, 0) is 21.1 Å². The third-order valence-corrected chi connectivity index (χ3v) is 3.58. The molecule has 0 fully saturated rings. The summed E-state index contributed by atoms with van der Waals surface area (Å²) in [4.78, 5) is 12.2. The van der Waals surface area contributed by atoms with E-state index in [1.54, 1.807) is 12.1 Å². The van der Waals surface area contributed by atoms with Gasteiger partial charge in [0.25, 0.3) is 0 Å². The van der Waals surface area contributed by atoms with Gasteiger partial charge < -0.3 is 9.47 Å². The maximum Gasteiger partial charge on any atom is 0.338 e. The van der Waals surface area contributed by atoms with Crippen molar-refractivity contribution in [2.24, 2.45) is 4.36 Å². The molecular formula is C17H19NO4S. The molecule has 2 aromatic rings. The van der Waals surface area contributed by atoms with Gasteiger partial charge in [-0.3, -0.25) is 0 Å². The van der Waals surface area contributed by atoms with Crippen molar-refractivity contribution in [3.05, 3.63) is 59.7 Å². The van der Waals surface area contributed by atoms with Crippen LogP contribution in [-0.4, -0.2) is 29.8 Å². The molecule has 2 rings (SSSR count). The van der Waals surface area contributed by atoms with Crippen molar-refractivity contribution in [1.82, 2.24) is 0 Å². The number of hydrogen-bond donors (Lipinski definition) is 0. The number of carbonyl (C=O) groups is 1. The van der Waals surface area contributed by atoms with Crippen LogP contribution < -0.4 is 4.74 Å². The number of ether oxygens (including phenoxy) is 2. The molecule has 0 saturated heterocycles. The number of methoxy groups -OCH3 is 1.